The molecule has 1 aliphatic heterocycles. The lowest BCUT2D eigenvalue weighted by Gasteiger charge is -2.31. The number of fused-ring (bicyclic) bond motifs is 1. The zero-order chi connectivity index (χ0) is 19.7. The number of benzene rings is 1. The molecular weight excluding hydrogens is 354 g/mol. The highest BCUT2D eigenvalue weighted by molar-refractivity contribution is 5.92. The first-order chi connectivity index (χ1) is 13.5. The molecule has 1 fully saturated rings. The van der Waals surface area contributed by atoms with Crippen LogP contribution in [0.2, 0.25) is 0 Å². The van der Waals surface area contributed by atoms with Crippen molar-refractivity contribution < 1.29 is 9.53 Å². The largest absolute Gasteiger partial charge is 0.384 e. The molecule has 148 valence electrons. The average molecular weight is 381 g/mol. The van der Waals surface area contributed by atoms with E-state index in [0.717, 1.165) is 42.7 Å². The van der Waals surface area contributed by atoms with Crippen LogP contribution < -0.4 is 0 Å². The van der Waals surface area contributed by atoms with Gasteiger partial charge in [-0.2, -0.15) is 5.10 Å². The van der Waals surface area contributed by atoms with E-state index in [1.165, 1.54) is 11.1 Å². The van der Waals surface area contributed by atoms with Crippen molar-refractivity contribution in [2.24, 2.45) is 5.92 Å². The van der Waals surface area contributed by atoms with E-state index in [-0.39, 0.29) is 5.91 Å². The Balaban J connectivity index is 1.49. The first-order valence-corrected chi connectivity index (χ1v) is 9.79. The molecule has 7 nitrogen and oxygen atoms in total. The molecule has 1 saturated heterocycles. The summed E-state index contributed by atoms with van der Waals surface area (Å²) in [5, 5.41) is 7.29. The van der Waals surface area contributed by atoms with Gasteiger partial charge in [0.2, 0.25) is 0 Å². The predicted octanol–water partition coefficient (Wildman–Crippen LogP) is 2.92. The number of aromatic nitrogens is 4. The predicted molar refractivity (Wildman–Crippen MR) is 107 cm³/mol. The van der Waals surface area contributed by atoms with E-state index in [0.29, 0.717) is 24.8 Å². The SMILES string of the molecule is COC[C@@H]1CCCN(C(=O)c2cc(Cn3cnc4cc(C)c(C)cc43)[nH]n2)C1. The molecule has 1 aromatic carbocycles. The van der Waals surface area contributed by atoms with Crippen LogP contribution >= 0.6 is 0 Å². The van der Waals surface area contributed by atoms with Gasteiger partial charge in [0.1, 0.15) is 5.69 Å². The van der Waals surface area contributed by atoms with Gasteiger partial charge >= 0.3 is 0 Å². The van der Waals surface area contributed by atoms with Crippen molar-refractivity contribution in [2.75, 3.05) is 26.8 Å². The lowest BCUT2D eigenvalue weighted by Crippen LogP contribution is -2.41. The molecule has 2 aromatic heterocycles. The van der Waals surface area contributed by atoms with Crippen LogP contribution in [0, 0.1) is 19.8 Å². The quantitative estimate of drug-likeness (QED) is 0.737. The number of ether oxygens (including phenoxy) is 1. The van der Waals surface area contributed by atoms with Gasteiger partial charge in [0.15, 0.2) is 0 Å². The summed E-state index contributed by atoms with van der Waals surface area (Å²) in [6, 6.07) is 6.12. The van der Waals surface area contributed by atoms with Crippen LogP contribution in [-0.4, -0.2) is 57.4 Å². The molecule has 0 spiro atoms. The Labute approximate surface area is 164 Å². The number of nitrogens with zero attached hydrogens (tertiary/aromatic N) is 4. The molecular formula is C21H27N5O2. The smallest absolute Gasteiger partial charge is 0.274 e. The molecule has 0 saturated carbocycles. The average Bonchev–Trinajstić information content (AvgIpc) is 3.30. The number of methoxy groups -OCH3 is 1. The van der Waals surface area contributed by atoms with Gasteiger partial charge in [-0.05, 0) is 61.9 Å². The number of carbonyl (C=O) groups excluding carboxylic acids is 1. The van der Waals surface area contributed by atoms with Crippen molar-refractivity contribution >= 4 is 16.9 Å². The fraction of sp³-hybridized carbons (Fsp3) is 0.476. The molecule has 0 radical (unpaired) electrons. The second-order valence-corrected chi connectivity index (χ2v) is 7.79. The number of H-pyrrole nitrogens is 1. The third-order valence-electron chi connectivity index (χ3n) is 5.64. The second-order valence-electron chi connectivity index (χ2n) is 7.79. The topological polar surface area (TPSA) is 76.0 Å². The Morgan fingerprint density at radius 1 is 1.29 bits per heavy atom. The van der Waals surface area contributed by atoms with Gasteiger partial charge in [0.05, 0.1) is 36.2 Å². The van der Waals surface area contributed by atoms with Crippen LogP contribution in [-0.2, 0) is 11.3 Å². The molecule has 0 bridgehead atoms. The molecule has 1 atom stereocenters. The van der Waals surface area contributed by atoms with E-state index >= 15 is 0 Å². The molecule has 0 unspecified atom stereocenters. The lowest BCUT2D eigenvalue weighted by atomic mass is 9.99. The van der Waals surface area contributed by atoms with E-state index in [9.17, 15) is 4.79 Å². The van der Waals surface area contributed by atoms with Gasteiger partial charge < -0.3 is 14.2 Å². The summed E-state index contributed by atoms with van der Waals surface area (Å²) in [7, 11) is 1.71. The molecule has 28 heavy (non-hydrogen) atoms. The maximum absolute atomic E-state index is 12.8. The van der Waals surface area contributed by atoms with Crippen molar-refractivity contribution in [1.82, 2.24) is 24.6 Å². The first-order valence-electron chi connectivity index (χ1n) is 9.79. The number of hydrogen-bond acceptors (Lipinski definition) is 4. The first kappa shape index (κ1) is 18.7. The fourth-order valence-corrected chi connectivity index (χ4v) is 3.96. The van der Waals surface area contributed by atoms with Crippen LogP contribution in [0.5, 0.6) is 0 Å². The highest BCUT2D eigenvalue weighted by Gasteiger charge is 2.26. The Morgan fingerprint density at radius 2 is 2.11 bits per heavy atom. The Morgan fingerprint density at radius 3 is 2.93 bits per heavy atom. The number of aromatic amines is 1. The van der Waals surface area contributed by atoms with E-state index in [1.807, 2.05) is 17.3 Å². The number of amides is 1. The molecule has 1 aliphatic rings. The van der Waals surface area contributed by atoms with Crippen LogP contribution in [0.3, 0.4) is 0 Å². The van der Waals surface area contributed by atoms with Crippen LogP contribution in [0.1, 0.15) is 40.2 Å². The van der Waals surface area contributed by atoms with E-state index in [1.54, 1.807) is 7.11 Å². The van der Waals surface area contributed by atoms with Crippen LogP contribution in [0.15, 0.2) is 24.5 Å². The highest BCUT2D eigenvalue weighted by Crippen LogP contribution is 2.21. The lowest BCUT2D eigenvalue weighted by molar-refractivity contribution is 0.0565. The molecule has 7 heteroatoms. The van der Waals surface area contributed by atoms with Crippen molar-refractivity contribution in [3.05, 3.63) is 47.0 Å². The van der Waals surface area contributed by atoms with Gasteiger partial charge in [-0.3, -0.25) is 9.89 Å². The second kappa shape index (κ2) is 7.75. The normalized spacial score (nSPS) is 17.4. The zero-order valence-electron chi connectivity index (χ0n) is 16.7. The molecule has 0 aliphatic carbocycles. The van der Waals surface area contributed by atoms with Gasteiger partial charge in [-0.1, -0.05) is 0 Å². The summed E-state index contributed by atoms with van der Waals surface area (Å²) < 4.78 is 7.34. The van der Waals surface area contributed by atoms with Crippen molar-refractivity contribution in [3.8, 4) is 0 Å². The van der Waals surface area contributed by atoms with Gasteiger partial charge in [0, 0.05) is 20.2 Å². The Hall–Kier alpha value is -2.67. The summed E-state index contributed by atoms with van der Waals surface area (Å²) >= 11 is 0. The minimum absolute atomic E-state index is 0.00902. The van der Waals surface area contributed by atoms with Gasteiger partial charge in [-0.15, -0.1) is 0 Å². The molecule has 1 amide bonds. The Bertz CT molecular complexity index is 988. The molecule has 3 heterocycles. The van der Waals surface area contributed by atoms with Crippen LogP contribution in [0.25, 0.3) is 11.0 Å². The number of aryl methyl sites for hydroxylation is 2. The van der Waals surface area contributed by atoms with Gasteiger partial charge in [0.25, 0.3) is 5.91 Å². The number of imidazole rings is 1. The monoisotopic (exact) mass is 381 g/mol. The summed E-state index contributed by atoms with van der Waals surface area (Å²) in [5.41, 5.74) is 5.92. The zero-order valence-corrected chi connectivity index (χ0v) is 16.7. The van der Waals surface area contributed by atoms with E-state index in [2.05, 4.69) is 45.7 Å². The number of hydrogen-bond donors (Lipinski definition) is 1. The highest BCUT2D eigenvalue weighted by atomic mass is 16.5. The summed E-state index contributed by atoms with van der Waals surface area (Å²) in [4.78, 5) is 19.2. The Kier molecular flexibility index (Phi) is 5.17. The number of rotatable bonds is 5. The minimum atomic E-state index is -0.00902. The number of nitrogens with one attached hydrogen (secondary N) is 1. The third-order valence-corrected chi connectivity index (χ3v) is 5.64. The fourth-order valence-electron chi connectivity index (χ4n) is 3.96. The minimum Gasteiger partial charge on any atom is -0.384 e. The standard InChI is InChI=1S/C21H27N5O2/c1-14-7-18-20(8-15(14)2)26(13-22-18)11-17-9-19(24-23-17)21(27)25-6-4-5-16(10-25)12-28-3/h7-9,13,16H,4-6,10-12H2,1-3H3,(H,23,24)/t16-/m1/s1. The maximum Gasteiger partial charge on any atom is 0.274 e. The number of likely N-dealkylation sites (tertiary alicyclic amines) is 1. The van der Waals surface area contributed by atoms with Crippen molar-refractivity contribution in [1.29, 1.82) is 0 Å². The van der Waals surface area contributed by atoms with Crippen molar-refractivity contribution in [2.45, 2.75) is 33.2 Å². The molecule has 4 rings (SSSR count). The van der Waals surface area contributed by atoms with Crippen LogP contribution in [0.4, 0.5) is 0 Å². The van der Waals surface area contributed by atoms with E-state index < -0.39 is 0 Å². The summed E-state index contributed by atoms with van der Waals surface area (Å²) in [6.07, 6.45) is 3.96. The number of piperidine rings is 1. The molecule has 1 N–H and O–H groups in total. The molecule has 3 aromatic rings. The van der Waals surface area contributed by atoms with E-state index in [4.69, 9.17) is 4.74 Å². The van der Waals surface area contributed by atoms with Crippen molar-refractivity contribution in [3.63, 3.8) is 0 Å². The maximum atomic E-state index is 12.8. The summed E-state index contributed by atoms with van der Waals surface area (Å²) in [5.74, 6) is 0.399. The van der Waals surface area contributed by atoms with Gasteiger partial charge in [-0.25, -0.2) is 4.98 Å². The summed E-state index contributed by atoms with van der Waals surface area (Å²) in [6.45, 7) is 7.02. The third kappa shape index (κ3) is 3.67. The number of carbonyl (C=O) groups is 1.